The van der Waals surface area contributed by atoms with E-state index in [1.807, 2.05) is 11.3 Å². The first-order valence-corrected chi connectivity index (χ1v) is 7.37. The Hall–Kier alpha value is -0.800. The molecule has 1 aromatic carbocycles. The molecule has 1 aromatic heterocycles. The van der Waals surface area contributed by atoms with Crippen LogP contribution in [-0.2, 0) is 13.0 Å². The molecule has 0 spiro atoms. The molecule has 1 heterocycles. The maximum atomic E-state index is 3.50. The van der Waals surface area contributed by atoms with E-state index in [9.17, 15) is 0 Å². The normalized spacial score (nSPS) is 10.5. The molecule has 0 saturated heterocycles. The molecular formula is C14H16BrNS. The van der Waals surface area contributed by atoms with Crippen molar-refractivity contribution < 1.29 is 0 Å². The molecule has 0 aliphatic heterocycles. The van der Waals surface area contributed by atoms with Crippen LogP contribution < -0.4 is 5.32 Å². The van der Waals surface area contributed by atoms with Crippen LogP contribution >= 0.6 is 27.3 Å². The van der Waals surface area contributed by atoms with Crippen molar-refractivity contribution in [1.82, 2.24) is 0 Å². The van der Waals surface area contributed by atoms with Crippen LogP contribution in [0.3, 0.4) is 0 Å². The van der Waals surface area contributed by atoms with Crippen LogP contribution in [-0.4, -0.2) is 0 Å². The van der Waals surface area contributed by atoms with E-state index in [2.05, 4.69) is 65.4 Å². The number of thiophene rings is 1. The van der Waals surface area contributed by atoms with Crippen LogP contribution in [0.2, 0.25) is 0 Å². The monoisotopic (exact) mass is 309 g/mol. The Bertz CT molecular complexity index is 505. The number of nitrogens with one attached hydrogen (secondary N) is 1. The van der Waals surface area contributed by atoms with E-state index in [1.165, 1.54) is 21.0 Å². The summed E-state index contributed by atoms with van der Waals surface area (Å²) in [5.74, 6) is 0. The highest BCUT2D eigenvalue weighted by Gasteiger charge is 2.01. The van der Waals surface area contributed by atoms with E-state index in [1.54, 1.807) is 0 Å². The molecule has 0 atom stereocenters. The highest BCUT2D eigenvalue weighted by Crippen LogP contribution is 2.23. The predicted molar refractivity (Wildman–Crippen MR) is 79.9 cm³/mol. The van der Waals surface area contributed by atoms with Gasteiger partial charge in [-0.15, -0.1) is 11.3 Å². The molecular weight excluding hydrogens is 294 g/mol. The third-order valence-corrected chi connectivity index (χ3v) is 4.44. The number of halogens is 1. The Labute approximate surface area is 115 Å². The molecule has 0 saturated carbocycles. The van der Waals surface area contributed by atoms with Gasteiger partial charge in [-0.05, 0) is 43.2 Å². The molecule has 90 valence electrons. The Morgan fingerprint density at radius 1 is 1.18 bits per heavy atom. The van der Waals surface area contributed by atoms with Gasteiger partial charge in [0.05, 0.1) is 0 Å². The third-order valence-electron chi connectivity index (χ3n) is 2.72. The van der Waals surface area contributed by atoms with Crippen molar-refractivity contribution in [3.63, 3.8) is 0 Å². The van der Waals surface area contributed by atoms with Crippen LogP contribution in [0.1, 0.15) is 22.2 Å². The molecule has 0 aliphatic carbocycles. The summed E-state index contributed by atoms with van der Waals surface area (Å²) in [5.41, 5.74) is 2.48. The molecule has 2 aromatic rings. The number of anilines is 1. The Morgan fingerprint density at radius 3 is 2.65 bits per heavy atom. The van der Waals surface area contributed by atoms with Crippen LogP contribution in [0, 0.1) is 6.92 Å². The van der Waals surface area contributed by atoms with E-state index in [4.69, 9.17) is 0 Å². The van der Waals surface area contributed by atoms with Crippen molar-refractivity contribution in [3.8, 4) is 0 Å². The van der Waals surface area contributed by atoms with E-state index in [-0.39, 0.29) is 0 Å². The molecule has 2 rings (SSSR count). The van der Waals surface area contributed by atoms with Crippen molar-refractivity contribution in [3.05, 3.63) is 50.1 Å². The topological polar surface area (TPSA) is 12.0 Å². The minimum Gasteiger partial charge on any atom is -0.380 e. The highest BCUT2D eigenvalue weighted by molar-refractivity contribution is 9.10. The summed E-state index contributed by atoms with van der Waals surface area (Å²) < 4.78 is 1.12. The molecule has 0 bridgehead atoms. The smallest absolute Gasteiger partial charge is 0.0494 e. The van der Waals surface area contributed by atoms with Gasteiger partial charge >= 0.3 is 0 Å². The second kappa shape index (κ2) is 5.69. The molecule has 0 unspecified atom stereocenters. The maximum Gasteiger partial charge on any atom is 0.0494 e. The summed E-state index contributed by atoms with van der Waals surface area (Å²) >= 11 is 5.39. The summed E-state index contributed by atoms with van der Waals surface area (Å²) in [6.07, 6.45) is 1.13. The van der Waals surface area contributed by atoms with Crippen LogP contribution in [0.4, 0.5) is 5.69 Å². The first-order chi connectivity index (χ1) is 8.19. The van der Waals surface area contributed by atoms with Crippen LogP contribution in [0.15, 0.2) is 34.8 Å². The second-order valence-corrected chi connectivity index (χ2v) is 6.20. The summed E-state index contributed by atoms with van der Waals surface area (Å²) in [4.78, 5) is 2.84. The van der Waals surface area contributed by atoms with Crippen LogP contribution in [0.5, 0.6) is 0 Å². The molecule has 0 fully saturated rings. The lowest BCUT2D eigenvalue weighted by molar-refractivity contribution is 1.18. The van der Waals surface area contributed by atoms with Crippen molar-refractivity contribution in [2.24, 2.45) is 0 Å². The summed E-state index contributed by atoms with van der Waals surface area (Å²) in [5, 5.41) is 3.49. The molecule has 1 N–H and O–H groups in total. The third kappa shape index (κ3) is 3.33. The average Bonchev–Trinajstić information content (AvgIpc) is 2.78. The molecule has 0 radical (unpaired) electrons. The largest absolute Gasteiger partial charge is 0.380 e. The van der Waals surface area contributed by atoms with Gasteiger partial charge in [0.2, 0.25) is 0 Å². The van der Waals surface area contributed by atoms with Gasteiger partial charge in [-0.25, -0.2) is 0 Å². The van der Waals surface area contributed by atoms with Crippen molar-refractivity contribution in [1.29, 1.82) is 0 Å². The Kier molecular flexibility index (Phi) is 4.24. The lowest BCUT2D eigenvalue weighted by Crippen LogP contribution is -1.99. The molecule has 17 heavy (non-hydrogen) atoms. The van der Waals surface area contributed by atoms with Gasteiger partial charge in [0.25, 0.3) is 0 Å². The van der Waals surface area contributed by atoms with Crippen molar-refractivity contribution in [2.45, 2.75) is 26.8 Å². The van der Waals surface area contributed by atoms with Gasteiger partial charge in [0.15, 0.2) is 0 Å². The zero-order chi connectivity index (χ0) is 12.3. The van der Waals surface area contributed by atoms with Crippen molar-refractivity contribution >= 4 is 33.0 Å². The Morgan fingerprint density at radius 2 is 1.94 bits per heavy atom. The van der Waals surface area contributed by atoms with E-state index in [0.29, 0.717) is 0 Å². The van der Waals surface area contributed by atoms with Gasteiger partial charge < -0.3 is 5.32 Å². The summed E-state index contributed by atoms with van der Waals surface area (Å²) in [7, 11) is 0. The van der Waals surface area contributed by atoms with Gasteiger partial charge in [-0.3, -0.25) is 0 Å². The van der Waals surface area contributed by atoms with Crippen LogP contribution in [0.25, 0.3) is 0 Å². The first-order valence-electron chi connectivity index (χ1n) is 5.76. The lowest BCUT2D eigenvalue weighted by atomic mass is 10.2. The maximum absolute atomic E-state index is 3.50. The zero-order valence-corrected chi connectivity index (χ0v) is 12.5. The first kappa shape index (κ1) is 12.7. The van der Waals surface area contributed by atoms with E-state index in [0.717, 1.165) is 17.4 Å². The number of aryl methyl sites for hydroxylation is 2. The quantitative estimate of drug-likeness (QED) is 0.838. The van der Waals surface area contributed by atoms with E-state index < -0.39 is 0 Å². The zero-order valence-electron chi connectivity index (χ0n) is 10.1. The SMILES string of the molecule is CCc1ccc(CNc2cc(Br)ccc2C)s1. The number of rotatable bonds is 4. The fourth-order valence-electron chi connectivity index (χ4n) is 1.67. The molecule has 0 aliphatic rings. The Balaban J connectivity index is 2.04. The second-order valence-electron chi connectivity index (χ2n) is 4.03. The molecule has 1 nitrogen and oxygen atoms in total. The minimum absolute atomic E-state index is 0.905. The van der Waals surface area contributed by atoms with Gasteiger partial charge in [-0.1, -0.05) is 28.9 Å². The summed E-state index contributed by atoms with van der Waals surface area (Å²) in [6.45, 7) is 5.23. The number of hydrogen-bond donors (Lipinski definition) is 1. The standard InChI is InChI=1S/C14H16BrNS/c1-3-12-6-7-13(17-12)9-16-14-8-11(15)5-4-10(14)2/h4-8,16H,3,9H2,1-2H3. The molecule has 0 amide bonds. The fourth-order valence-corrected chi connectivity index (χ4v) is 2.93. The van der Waals surface area contributed by atoms with Gasteiger partial charge in [0.1, 0.15) is 0 Å². The highest BCUT2D eigenvalue weighted by atomic mass is 79.9. The predicted octanol–water partition coefficient (Wildman–Crippen LogP) is 4.99. The molecule has 3 heteroatoms. The van der Waals surface area contributed by atoms with E-state index >= 15 is 0 Å². The lowest BCUT2D eigenvalue weighted by Gasteiger charge is -2.08. The summed E-state index contributed by atoms with van der Waals surface area (Å²) in [6, 6.07) is 10.8. The number of benzene rings is 1. The van der Waals surface area contributed by atoms with Gasteiger partial charge in [0, 0.05) is 26.5 Å². The minimum atomic E-state index is 0.905. The van der Waals surface area contributed by atoms with Crippen molar-refractivity contribution in [2.75, 3.05) is 5.32 Å². The average molecular weight is 310 g/mol. The fraction of sp³-hybridized carbons (Fsp3) is 0.286. The van der Waals surface area contributed by atoms with Gasteiger partial charge in [-0.2, -0.15) is 0 Å². The number of hydrogen-bond acceptors (Lipinski definition) is 2.